The van der Waals surface area contributed by atoms with Crippen molar-refractivity contribution in [2.24, 2.45) is 0 Å². The fraction of sp³-hybridized carbons (Fsp3) is 0.333. The Bertz CT molecular complexity index is 1210. The smallest absolute Gasteiger partial charge is 0.254 e. The van der Waals surface area contributed by atoms with Crippen LogP contribution in [0.1, 0.15) is 34.5 Å². The van der Waals surface area contributed by atoms with E-state index in [1.54, 1.807) is 29.4 Å². The molecule has 3 heterocycles. The zero-order valence-corrected chi connectivity index (χ0v) is 19.7. The Hall–Kier alpha value is -3.85. The molecular formula is C27H27FN2O6. The van der Waals surface area contributed by atoms with E-state index >= 15 is 0 Å². The second-order valence-electron chi connectivity index (χ2n) is 8.85. The molecule has 0 saturated carbocycles. The number of fused-ring (bicyclic) bond motifs is 1. The van der Waals surface area contributed by atoms with E-state index in [4.69, 9.17) is 18.6 Å². The van der Waals surface area contributed by atoms with Crippen LogP contribution in [0.2, 0.25) is 0 Å². The van der Waals surface area contributed by atoms with Gasteiger partial charge in [-0.3, -0.25) is 9.59 Å². The third kappa shape index (κ3) is 5.68. The molecule has 5 rings (SSSR count). The third-order valence-electron chi connectivity index (χ3n) is 6.22. The number of carbonyl (C=O) groups excluding carboxylic acids is 2. The summed E-state index contributed by atoms with van der Waals surface area (Å²) < 4.78 is 35.9. The molecule has 36 heavy (non-hydrogen) atoms. The van der Waals surface area contributed by atoms with E-state index in [1.807, 2.05) is 18.2 Å². The van der Waals surface area contributed by atoms with Crippen LogP contribution in [0.15, 0.2) is 65.3 Å². The van der Waals surface area contributed by atoms with Crippen molar-refractivity contribution < 1.29 is 32.6 Å². The summed E-state index contributed by atoms with van der Waals surface area (Å²) >= 11 is 0. The summed E-state index contributed by atoms with van der Waals surface area (Å²) in [5.41, 5.74) is 1.04. The van der Waals surface area contributed by atoms with Crippen LogP contribution in [0.5, 0.6) is 11.5 Å². The fourth-order valence-corrected chi connectivity index (χ4v) is 4.40. The third-order valence-corrected chi connectivity index (χ3v) is 6.22. The number of carbonyl (C=O) groups is 2. The molecule has 2 aromatic carbocycles. The molecule has 1 unspecified atom stereocenters. The summed E-state index contributed by atoms with van der Waals surface area (Å²) in [4.78, 5) is 30.0. The zero-order valence-electron chi connectivity index (χ0n) is 19.7. The van der Waals surface area contributed by atoms with Crippen LogP contribution in [0, 0.1) is 5.82 Å². The number of amides is 2. The second-order valence-corrected chi connectivity index (χ2v) is 8.85. The molecular weight excluding hydrogens is 467 g/mol. The van der Waals surface area contributed by atoms with Crippen molar-refractivity contribution in [1.29, 1.82) is 0 Å². The number of ether oxygens (including phenoxy) is 3. The minimum Gasteiger partial charge on any atom is -0.467 e. The second kappa shape index (κ2) is 10.8. The molecule has 0 N–H and O–H groups in total. The summed E-state index contributed by atoms with van der Waals surface area (Å²) in [5, 5.41) is 0. The highest BCUT2D eigenvalue weighted by Crippen LogP contribution is 2.33. The van der Waals surface area contributed by atoms with Gasteiger partial charge >= 0.3 is 0 Å². The normalized spacial score (nSPS) is 16.2. The Kier molecular flexibility index (Phi) is 7.18. The molecule has 8 nitrogen and oxygen atoms in total. The van der Waals surface area contributed by atoms with Gasteiger partial charge in [0, 0.05) is 25.3 Å². The zero-order chi connectivity index (χ0) is 24.9. The maximum absolute atomic E-state index is 13.8. The number of furan rings is 1. The number of benzene rings is 2. The molecule has 0 aliphatic carbocycles. The van der Waals surface area contributed by atoms with Gasteiger partial charge < -0.3 is 28.4 Å². The van der Waals surface area contributed by atoms with Gasteiger partial charge in [0.15, 0.2) is 11.5 Å². The van der Waals surface area contributed by atoms with Gasteiger partial charge in [0.1, 0.15) is 18.1 Å². The highest BCUT2D eigenvalue weighted by Gasteiger charge is 2.28. The molecule has 0 radical (unpaired) electrons. The quantitative estimate of drug-likeness (QED) is 0.447. The number of halogens is 1. The molecule has 1 aromatic heterocycles. The van der Waals surface area contributed by atoms with Gasteiger partial charge in [-0.2, -0.15) is 0 Å². The predicted molar refractivity (Wildman–Crippen MR) is 127 cm³/mol. The van der Waals surface area contributed by atoms with Gasteiger partial charge in [-0.25, -0.2) is 4.39 Å². The van der Waals surface area contributed by atoms with Gasteiger partial charge in [0.2, 0.25) is 12.7 Å². The van der Waals surface area contributed by atoms with E-state index in [1.165, 1.54) is 23.1 Å². The van der Waals surface area contributed by atoms with Crippen LogP contribution < -0.4 is 9.47 Å². The van der Waals surface area contributed by atoms with Gasteiger partial charge in [-0.1, -0.05) is 12.1 Å². The predicted octanol–water partition coefficient (Wildman–Crippen LogP) is 4.00. The van der Waals surface area contributed by atoms with Crippen molar-refractivity contribution in [1.82, 2.24) is 9.80 Å². The van der Waals surface area contributed by atoms with Gasteiger partial charge in [-0.15, -0.1) is 0 Å². The summed E-state index contributed by atoms with van der Waals surface area (Å²) in [6.07, 6.45) is 3.09. The average molecular weight is 495 g/mol. The molecule has 9 heteroatoms. The number of rotatable bonds is 9. The molecule has 2 aliphatic rings. The lowest BCUT2D eigenvalue weighted by molar-refractivity contribution is -0.133. The molecule has 1 atom stereocenters. The average Bonchev–Trinajstić information content (AvgIpc) is 3.66. The number of nitrogens with zero attached hydrogens (tertiary/aromatic N) is 2. The van der Waals surface area contributed by atoms with E-state index in [0.29, 0.717) is 23.9 Å². The minimum atomic E-state index is -0.508. The van der Waals surface area contributed by atoms with E-state index in [9.17, 15) is 14.0 Å². The van der Waals surface area contributed by atoms with E-state index < -0.39 is 11.7 Å². The lowest BCUT2D eigenvalue weighted by Gasteiger charge is -2.29. The minimum absolute atomic E-state index is 0.161. The van der Waals surface area contributed by atoms with Crippen LogP contribution in [0.4, 0.5) is 4.39 Å². The van der Waals surface area contributed by atoms with Crippen LogP contribution >= 0.6 is 0 Å². The maximum Gasteiger partial charge on any atom is 0.254 e. The van der Waals surface area contributed by atoms with Crippen molar-refractivity contribution in [3.63, 3.8) is 0 Å². The molecule has 188 valence electrons. The number of hydrogen-bond acceptors (Lipinski definition) is 6. The van der Waals surface area contributed by atoms with Crippen LogP contribution in [0.25, 0.3) is 0 Å². The first-order chi connectivity index (χ1) is 17.5. The van der Waals surface area contributed by atoms with E-state index in [0.717, 1.165) is 18.4 Å². The first-order valence-electron chi connectivity index (χ1n) is 11.9. The Morgan fingerprint density at radius 2 is 1.86 bits per heavy atom. The van der Waals surface area contributed by atoms with Crippen LogP contribution in [-0.2, 0) is 22.6 Å². The lowest BCUT2D eigenvalue weighted by atomic mass is 10.1. The summed E-state index contributed by atoms with van der Waals surface area (Å²) in [6.45, 7) is 1.35. The summed E-state index contributed by atoms with van der Waals surface area (Å²) in [6, 6.07) is 14.6. The Morgan fingerprint density at radius 3 is 2.64 bits per heavy atom. The fourth-order valence-electron chi connectivity index (χ4n) is 4.40. The Labute approximate surface area is 208 Å². The molecule has 2 aliphatic heterocycles. The highest BCUT2D eigenvalue weighted by molar-refractivity contribution is 5.96. The molecule has 1 fully saturated rings. The first-order valence-corrected chi connectivity index (χ1v) is 11.9. The number of hydrogen-bond donors (Lipinski definition) is 0. The molecule has 0 spiro atoms. The molecule has 3 aromatic rings. The summed E-state index contributed by atoms with van der Waals surface area (Å²) in [7, 11) is 0. The summed E-state index contributed by atoms with van der Waals surface area (Å²) in [5.74, 6) is 0.703. The molecule has 1 saturated heterocycles. The topological polar surface area (TPSA) is 81.5 Å². The Balaban J connectivity index is 1.37. The van der Waals surface area contributed by atoms with Crippen molar-refractivity contribution in [2.45, 2.75) is 32.0 Å². The Morgan fingerprint density at radius 1 is 0.972 bits per heavy atom. The van der Waals surface area contributed by atoms with Gasteiger partial charge in [0.25, 0.3) is 5.91 Å². The lowest BCUT2D eigenvalue weighted by Crippen LogP contribution is -2.45. The molecule has 2 amide bonds. The van der Waals surface area contributed by atoms with Crippen LogP contribution in [0.3, 0.4) is 0 Å². The maximum atomic E-state index is 13.8. The van der Waals surface area contributed by atoms with Crippen LogP contribution in [-0.4, -0.2) is 54.2 Å². The van der Waals surface area contributed by atoms with E-state index in [-0.39, 0.29) is 50.5 Å². The van der Waals surface area contributed by atoms with Crippen molar-refractivity contribution in [2.75, 3.05) is 26.5 Å². The van der Waals surface area contributed by atoms with E-state index in [2.05, 4.69) is 0 Å². The van der Waals surface area contributed by atoms with Gasteiger partial charge in [0.05, 0.1) is 18.9 Å². The largest absolute Gasteiger partial charge is 0.467 e. The monoisotopic (exact) mass is 494 g/mol. The van der Waals surface area contributed by atoms with Crippen molar-refractivity contribution >= 4 is 11.8 Å². The van der Waals surface area contributed by atoms with Crippen molar-refractivity contribution in [3.05, 3.63) is 83.6 Å². The SMILES string of the molecule is O=C(CN(CC1CCCO1)C(=O)c1cccc(F)c1)N(Cc1ccc2c(c1)OCO2)Cc1ccco1. The first kappa shape index (κ1) is 23.9. The van der Waals surface area contributed by atoms with Gasteiger partial charge in [-0.05, 0) is 60.9 Å². The highest BCUT2D eigenvalue weighted by atomic mass is 19.1. The molecule has 0 bridgehead atoms. The van der Waals surface area contributed by atoms with Crippen molar-refractivity contribution in [3.8, 4) is 11.5 Å². The standard InChI is InChI=1S/C27H27FN2O6/c28-21-5-1-4-20(13-21)27(32)30(16-23-7-3-11-34-23)17-26(31)29(15-22-6-2-10-33-22)14-19-8-9-24-25(12-19)36-18-35-24/h1-2,4-6,8-10,12-13,23H,3,7,11,14-18H2.